The first-order valence-electron chi connectivity index (χ1n) is 3.93. The number of aromatic carboxylic acids is 1. The SMILES string of the molecule is O=C(O)c1ccccc1C(=O)OP(=O)(O)O.[H-].[H-].[H-].[K+].[Mg+2]. The Morgan fingerprint density at radius 3 is 2.00 bits per heavy atom. The van der Waals surface area contributed by atoms with Gasteiger partial charge in [0.2, 0.25) is 0 Å². The van der Waals surface area contributed by atoms with Crippen LogP contribution in [0.1, 0.15) is 25.0 Å². The molecule has 0 unspecified atom stereocenters. The Bertz CT molecular complexity index is 499. The molecule has 1 rings (SSSR count). The quantitative estimate of drug-likeness (QED) is 0.420. The van der Waals surface area contributed by atoms with Crippen LogP contribution in [0.5, 0.6) is 0 Å². The van der Waals surface area contributed by atoms with Gasteiger partial charge in [-0.3, -0.25) is 9.79 Å². The van der Waals surface area contributed by atoms with Crippen LogP contribution in [-0.4, -0.2) is 49.9 Å². The molecule has 10 heteroatoms. The van der Waals surface area contributed by atoms with Crippen molar-refractivity contribution in [3.8, 4) is 0 Å². The molecule has 18 heavy (non-hydrogen) atoms. The van der Waals surface area contributed by atoms with Crippen molar-refractivity contribution in [3.63, 3.8) is 0 Å². The van der Waals surface area contributed by atoms with E-state index in [1.807, 2.05) is 0 Å². The normalized spacial score (nSPS) is 9.67. The van der Waals surface area contributed by atoms with Gasteiger partial charge in [-0.2, -0.15) is 0 Å². The number of carboxylic acids is 1. The van der Waals surface area contributed by atoms with Gasteiger partial charge >= 0.3 is 94.2 Å². The summed E-state index contributed by atoms with van der Waals surface area (Å²) in [5, 5.41) is 8.71. The molecule has 0 aromatic heterocycles. The van der Waals surface area contributed by atoms with Crippen LogP contribution in [0.3, 0.4) is 0 Å². The molecule has 0 amide bonds. The molecule has 0 fully saturated rings. The average Bonchev–Trinajstić information content (AvgIpc) is 2.15. The molecule has 0 aliphatic rings. The van der Waals surface area contributed by atoms with Gasteiger partial charge in [0.1, 0.15) is 0 Å². The van der Waals surface area contributed by atoms with Crippen molar-refractivity contribution in [2.45, 2.75) is 0 Å². The fourth-order valence-corrected chi connectivity index (χ4v) is 1.32. The number of phosphoric acid groups is 1. The van der Waals surface area contributed by atoms with E-state index in [2.05, 4.69) is 4.52 Å². The van der Waals surface area contributed by atoms with E-state index in [9.17, 15) is 14.2 Å². The maximum Gasteiger partial charge on any atom is 2.00 e. The van der Waals surface area contributed by atoms with E-state index in [0.717, 1.165) is 12.1 Å². The van der Waals surface area contributed by atoms with Crippen molar-refractivity contribution in [2.75, 3.05) is 0 Å². The van der Waals surface area contributed by atoms with Gasteiger partial charge in [-0.15, -0.1) is 0 Å². The van der Waals surface area contributed by atoms with Gasteiger partial charge in [-0.25, -0.2) is 14.2 Å². The zero-order valence-corrected chi connectivity index (χ0v) is 14.9. The van der Waals surface area contributed by atoms with E-state index in [-0.39, 0.29) is 84.3 Å². The topological polar surface area (TPSA) is 121 Å². The van der Waals surface area contributed by atoms with Crippen molar-refractivity contribution < 1.29 is 89.2 Å². The Morgan fingerprint density at radius 1 is 1.17 bits per heavy atom. The van der Waals surface area contributed by atoms with Crippen LogP contribution in [0, 0.1) is 0 Å². The first-order chi connectivity index (χ1) is 7.31. The van der Waals surface area contributed by atoms with Crippen LogP contribution in [0.25, 0.3) is 0 Å². The third kappa shape index (κ3) is 6.76. The number of benzene rings is 1. The Hall–Kier alpha value is 0.713. The molecule has 0 saturated carbocycles. The summed E-state index contributed by atoms with van der Waals surface area (Å²) in [4.78, 5) is 38.7. The molecular weight excluding hydrogens is 302 g/mol. The smallest absolute Gasteiger partial charge is 1.00 e. The van der Waals surface area contributed by atoms with Crippen molar-refractivity contribution in [3.05, 3.63) is 35.4 Å². The molecular formula is C8H10KMgO7P. The van der Waals surface area contributed by atoms with Crippen molar-refractivity contribution in [1.82, 2.24) is 0 Å². The van der Waals surface area contributed by atoms with Crippen LogP contribution in [0.2, 0.25) is 0 Å². The predicted octanol–water partition coefficient (Wildman–Crippen LogP) is -2.40. The van der Waals surface area contributed by atoms with E-state index in [1.165, 1.54) is 12.1 Å². The molecule has 0 aliphatic carbocycles. The summed E-state index contributed by atoms with van der Waals surface area (Å²) in [6.07, 6.45) is 0. The minimum Gasteiger partial charge on any atom is -1.00 e. The summed E-state index contributed by atoms with van der Waals surface area (Å²) in [6.45, 7) is 0. The average molecular weight is 313 g/mol. The Labute approximate surface area is 165 Å². The molecule has 1 aromatic carbocycles. The van der Waals surface area contributed by atoms with Gasteiger partial charge in [-0.05, 0) is 12.1 Å². The summed E-state index contributed by atoms with van der Waals surface area (Å²) >= 11 is 0. The molecule has 92 valence electrons. The van der Waals surface area contributed by atoms with Crippen molar-refractivity contribution >= 4 is 42.8 Å². The second-order valence-corrected chi connectivity index (χ2v) is 3.88. The maximum atomic E-state index is 11.2. The summed E-state index contributed by atoms with van der Waals surface area (Å²) < 4.78 is 14.2. The van der Waals surface area contributed by atoms with Gasteiger partial charge in [0.05, 0.1) is 11.1 Å². The summed E-state index contributed by atoms with van der Waals surface area (Å²) in [6, 6.07) is 4.94. The van der Waals surface area contributed by atoms with E-state index in [0.29, 0.717) is 0 Å². The number of carbonyl (C=O) groups is 2. The molecule has 0 aliphatic heterocycles. The van der Waals surface area contributed by atoms with Crippen LogP contribution >= 0.6 is 7.82 Å². The van der Waals surface area contributed by atoms with Gasteiger partial charge in [0.15, 0.2) is 0 Å². The largest absolute Gasteiger partial charge is 2.00 e. The standard InChI is InChI=1S/C8H7O7P.K.Mg.3H/c9-7(10)5-3-1-2-4-6(5)8(11)15-16(12,13)14;;;;;/h1-4H,(H,9,10)(H2,12,13,14);;;;;/q;+1;+2;3*-1. The van der Waals surface area contributed by atoms with Crippen LogP contribution in [0.15, 0.2) is 24.3 Å². The van der Waals surface area contributed by atoms with Crippen LogP contribution < -0.4 is 51.4 Å². The van der Waals surface area contributed by atoms with E-state index >= 15 is 0 Å². The number of hydrogen-bond donors (Lipinski definition) is 3. The number of carbonyl (C=O) groups excluding carboxylic acids is 1. The van der Waals surface area contributed by atoms with E-state index in [4.69, 9.17) is 14.9 Å². The summed E-state index contributed by atoms with van der Waals surface area (Å²) in [5.41, 5.74) is -0.806. The van der Waals surface area contributed by atoms with Gasteiger partial charge in [-0.1, -0.05) is 12.1 Å². The monoisotopic (exact) mass is 312 g/mol. The van der Waals surface area contributed by atoms with Crippen molar-refractivity contribution in [2.24, 2.45) is 0 Å². The molecule has 0 radical (unpaired) electrons. The zero-order valence-electron chi connectivity index (χ0n) is 12.4. The molecule has 0 heterocycles. The Morgan fingerprint density at radius 2 is 1.61 bits per heavy atom. The number of rotatable bonds is 3. The third-order valence-corrected chi connectivity index (χ3v) is 1.98. The minimum absolute atomic E-state index is 0. The second kappa shape index (κ2) is 8.80. The first kappa shape index (κ1) is 21.0. The molecule has 1 aromatic rings. The predicted molar refractivity (Wildman–Crippen MR) is 60.0 cm³/mol. The molecule has 0 atom stereocenters. The van der Waals surface area contributed by atoms with Gasteiger partial charge < -0.3 is 13.9 Å². The fraction of sp³-hybridized carbons (Fsp3) is 0. The molecule has 3 N–H and O–H groups in total. The molecule has 0 spiro atoms. The third-order valence-electron chi connectivity index (χ3n) is 1.58. The van der Waals surface area contributed by atoms with Gasteiger partial charge in [0.25, 0.3) is 0 Å². The fourth-order valence-electron chi connectivity index (χ4n) is 1.00. The van der Waals surface area contributed by atoms with Gasteiger partial charge in [0, 0.05) is 0 Å². The number of phosphoric ester groups is 1. The number of carboxylic acid groups (broad SMARTS) is 1. The Kier molecular flexibility index (Phi) is 10.3. The number of hydrogen-bond acceptors (Lipinski definition) is 4. The van der Waals surface area contributed by atoms with Crippen LogP contribution in [0.4, 0.5) is 0 Å². The van der Waals surface area contributed by atoms with E-state index in [1.54, 1.807) is 0 Å². The molecule has 7 nitrogen and oxygen atoms in total. The minimum atomic E-state index is -4.98. The second-order valence-electron chi connectivity index (χ2n) is 2.72. The zero-order chi connectivity index (χ0) is 12.3. The van der Waals surface area contributed by atoms with Crippen molar-refractivity contribution in [1.29, 1.82) is 0 Å². The molecule has 0 bridgehead atoms. The summed E-state index contributed by atoms with van der Waals surface area (Å²) in [7, 11) is -4.98. The summed E-state index contributed by atoms with van der Waals surface area (Å²) in [5.74, 6) is -2.77. The first-order valence-corrected chi connectivity index (χ1v) is 5.46. The van der Waals surface area contributed by atoms with E-state index < -0.39 is 25.3 Å². The molecule has 0 saturated heterocycles. The maximum absolute atomic E-state index is 11.2. The van der Waals surface area contributed by atoms with Crippen LogP contribution in [-0.2, 0) is 9.09 Å². The Balaban J connectivity index is -0.000000171.